The summed E-state index contributed by atoms with van der Waals surface area (Å²) in [7, 11) is 0. The average Bonchev–Trinajstić information content (AvgIpc) is 3.64. The molecule has 0 spiro atoms. The molecular weight excluding hydrogens is 1120 g/mol. The van der Waals surface area contributed by atoms with Gasteiger partial charge in [0, 0.05) is 12.8 Å². The standard InChI is InChI=1S/C87H152O5/c1-3-5-7-9-11-13-15-17-19-21-23-25-27-29-31-33-35-37-39-41-42-43-44-46-48-50-52-54-56-58-60-62-64-66-68-70-72-74-76-78-80-82-87(90)92-85(83-88)84-91-86(89)81-79-77-75-73-71-69-67-65-63-61-59-57-55-53-51-49-47-45-40-38-36-34-32-30-28-26-24-22-20-18-16-14-12-10-8-6-4-2/h5-8,11-14,17-20,23-26,29,31,35,37,85,88H,3-4,9-10,15-16,21-22,27-28,30,32-34,36,38-84H2,1-2H3/b7-5-,8-6-,13-11-,14-12-,19-17-,20-18-,25-23-,26-24-,31-29-,37-35-. The molecule has 530 valence electrons. The smallest absolute Gasteiger partial charge is 0.306 e. The third-order valence-electron chi connectivity index (χ3n) is 17.8. The second-order valence-corrected chi connectivity index (χ2v) is 26.7. The van der Waals surface area contributed by atoms with Gasteiger partial charge in [0.2, 0.25) is 0 Å². The minimum atomic E-state index is -0.775. The van der Waals surface area contributed by atoms with Crippen molar-refractivity contribution in [2.75, 3.05) is 13.2 Å². The van der Waals surface area contributed by atoms with Gasteiger partial charge in [-0.15, -0.1) is 0 Å². The number of aliphatic hydroxyl groups is 1. The maximum Gasteiger partial charge on any atom is 0.306 e. The summed E-state index contributed by atoms with van der Waals surface area (Å²) in [5.74, 6) is -0.570. The van der Waals surface area contributed by atoms with Crippen molar-refractivity contribution in [1.82, 2.24) is 0 Å². The van der Waals surface area contributed by atoms with Crippen LogP contribution in [0.3, 0.4) is 0 Å². The Morgan fingerprint density at radius 3 is 0.652 bits per heavy atom. The maximum atomic E-state index is 12.4. The fourth-order valence-electron chi connectivity index (χ4n) is 11.9. The van der Waals surface area contributed by atoms with Crippen LogP contribution in [0.15, 0.2) is 122 Å². The molecule has 0 aromatic rings. The van der Waals surface area contributed by atoms with E-state index in [1.54, 1.807) is 0 Å². The van der Waals surface area contributed by atoms with E-state index >= 15 is 0 Å². The first kappa shape index (κ1) is 88.3. The van der Waals surface area contributed by atoms with Crippen LogP contribution >= 0.6 is 0 Å². The second-order valence-electron chi connectivity index (χ2n) is 26.7. The average molecular weight is 1280 g/mol. The molecule has 0 heterocycles. The van der Waals surface area contributed by atoms with Crippen LogP contribution in [-0.2, 0) is 19.1 Å². The Balaban J connectivity index is 3.40. The first-order valence-electron chi connectivity index (χ1n) is 40.1. The van der Waals surface area contributed by atoms with E-state index in [2.05, 4.69) is 135 Å². The number of hydrogen-bond acceptors (Lipinski definition) is 5. The first-order valence-corrected chi connectivity index (χ1v) is 40.1. The van der Waals surface area contributed by atoms with Gasteiger partial charge in [0.05, 0.1) is 6.61 Å². The molecule has 92 heavy (non-hydrogen) atoms. The van der Waals surface area contributed by atoms with E-state index in [0.717, 1.165) is 103 Å². The van der Waals surface area contributed by atoms with Gasteiger partial charge in [0.1, 0.15) is 6.61 Å². The fourth-order valence-corrected chi connectivity index (χ4v) is 11.9. The molecule has 0 aromatic carbocycles. The molecule has 0 aliphatic carbocycles. The molecule has 0 aliphatic rings. The number of aliphatic hydroxyl groups excluding tert-OH is 1. The summed E-state index contributed by atoms with van der Waals surface area (Å²) < 4.78 is 10.8. The van der Waals surface area contributed by atoms with Crippen LogP contribution in [0, 0.1) is 0 Å². The SMILES string of the molecule is CC/C=C\C/C=C\C/C=C\C/C=C\C/C=C\C/C=C\CCCCCCCCCCCCCCCCCCCCCCCCC(=O)OC(CO)COC(=O)CCCCCCCCCCCCCCCCCCCCCCCCCC/C=C\C/C=C\C/C=C\C/C=C\CC. The van der Waals surface area contributed by atoms with Gasteiger partial charge in [-0.2, -0.15) is 0 Å². The number of esters is 2. The zero-order valence-electron chi connectivity index (χ0n) is 61.0. The number of ether oxygens (including phenoxy) is 2. The minimum absolute atomic E-state index is 0.0630. The van der Waals surface area contributed by atoms with Gasteiger partial charge in [-0.25, -0.2) is 0 Å². The lowest BCUT2D eigenvalue weighted by molar-refractivity contribution is -0.161. The summed E-state index contributed by atoms with van der Waals surface area (Å²) in [6, 6.07) is 0. The van der Waals surface area contributed by atoms with Crippen LogP contribution in [0.5, 0.6) is 0 Å². The topological polar surface area (TPSA) is 72.8 Å². The van der Waals surface area contributed by atoms with Crippen LogP contribution < -0.4 is 0 Å². The Hall–Kier alpha value is -3.70. The molecule has 0 rings (SSSR count). The van der Waals surface area contributed by atoms with Gasteiger partial charge in [0.25, 0.3) is 0 Å². The van der Waals surface area contributed by atoms with Crippen LogP contribution in [-0.4, -0.2) is 36.4 Å². The Morgan fingerprint density at radius 2 is 0.435 bits per heavy atom. The molecule has 0 saturated heterocycles. The summed E-state index contributed by atoms with van der Waals surface area (Å²) >= 11 is 0. The predicted octanol–water partition coefficient (Wildman–Crippen LogP) is 28.4. The van der Waals surface area contributed by atoms with E-state index in [9.17, 15) is 14.7 Å². The van der Waals surface area contributed by atoms with Gasteiger partial charge in [-0.1, -0.05) is 405 Å². The number of carbonyl (C=O) groups is 2. The predicted molar refractivity (Wildman–Crippen MR) is 408 cm³/mol. The fraction of sp³-hybridized carbons (Fsp3) is 0.747. The third-order valence-corrected chi connectivity index (χ3v) is 17.8. The number of rotatable bonds is 74. The molecular formula is C87H152O5. The molecule has 0 saturated carbocycles. The van der Waals surface area contributed by atoms with Gasteiger partial charge in [-0.05, 0) is 103 Å². The maximum absolute atomic E-state index is 12.4. The van der Waals surface area contributed by atoms with Crippen LogP contribution in [0.4, 0.5) is 0 Å². The van der Waals surface area contributed by atoms with Gasteiger partial charge < -0.3 is 14.6 Å². The summed E-state index contributed by atoms with van der Waals surface area (Å²) in [6.07, 6.45) is 120. The van der Waals surface area contributed by atoms with E-state index in [4.69, 9.17) is 9.47 Å². The van der Waals surface area contributed by atoms with Gasteiger partial charge in [-0.3, -0.25) is 9.59 Å². The molecule has 0 bridgehead atoms. The molecule has 0 fully saturated rings. The summed E-state index contributed by atoms with van der Waals surface area (Å²) in [4.78, 5) is 24.7. The second kappa shape index (κ2) is 81.5. The van der Waals surface area contributed by atoms with Crippen LogP contribution in [0.2, 0.25) is 0 Å². The monoisotopic (exact) mass is 1280 g/mol. The van der Waals surface area contributed by atoms with Crippen molar-refractivity contribution in [3.05, 3.63) is 122 Å². The Morgan fingerprint density at radius 1 is 0.250 bits per heavy atom. The number of carbonyl (C=O) groups excluding carboxylic acids is 2. The van der Waals surface area contributed by atoms with E-state index in [1.165, 1.54) is 270 Å². The first-order chi connectivity index (χ1) is 45.6. The van der Waals surface area contributed by atoms with Gasteiger partial charge >= 0.3 is 11.9 Å². The Labute approximate surface area is 573 Å². The van der Waals surface area contributed by atoms with Crippen molar-refractivity contribution in [3.8, 4) is 0 Å². The van der Waals surface area contributed by atoms with Crippen molar-refractivity contribution in [3.63, 3.8) is 0 Å². The molecule has 1 atom stereocenters. The van der Waals surface area contributed by atoms with Crippen molar-refractivity contribution >= 4 is 11.9 Å². The largest absolute Gasteiger partial charge is 0.462 e. The van der Waals surface area contributed by atoms with E-state index in [-0.39, 0.29) is 25.2 Å². The minimum Gasteiger partial charge on any atom is -0.462 e. The molecule has 5 heteroatoms. The van der Waals surface area contributed by atoms with Crippen molar-refractivity contribution in [2.45, 2.75) is 405 Å². The summed E-state index contributed by atoms with van der Waals surface area (Å²) in [5, 5.41) is 9.73. The lowest BCUT2D eigenvalue weighted by atomic mass is 10.0. The zero-order valence-corrected chi connectivity index (χ0v) is 61.0. The molecule has 0 aliphatic heterocycles. The Bertz CT molecular complexity index is 1790. The number of hydrogen-bond donors (Lipinski definition) is 1. The van der Waals surface area contributed by atoms with E-state index in [0.29, 0.717) is 12.8 Å². The van der Waals surface area contributed by atoms with Crippen molar-refractivity contribution < 1.29 is 24.2 Å². The number of allylic oxidation sites excluding steroid dienone is 20. The normalized spacial score (nSPS) is 12.9. The highest BCUT2D eigenvalue weighted by molar-refractivity contribution is 5.70. The molecule has 5 nitrogen and oxygen atoms in total. The quantitative estimate of drug-likeness (QED) is 0.0373. The molecule has 1 unspecified atom stereocenters. The van der Waals surface area contributed by atoms with Crippen molar-refractivity contribution in [2.24, 2.45) is 0 Å². The lowest BCUT2D eigenvalue weighted by Crippen LogP contribution is -2.28. The summed E-state index contributed by atoms with van der Waals surface area (Å²) in [5.41, 5.74) is 0. The number of unbranched alkanes of at least 4 members (excludes halogenated alkanes) is 46. The third kappa shape index (κ3) is 78.7. The Kier molecular flexibility index (Phi) is 78.3. The highest BCUT2D eigenvalue weighted by atomic mass is 16.6. The highest BCUT2D eigenvalue weighted by Crippen LogP contribution is 2.19. The molecule has 1 N–H and O–H groups in total. The van der Waals surface area contributed by atoms with Gasteiger partial charge in [0.15, 0.2) is 6.10 Å². The van der Waals surface area contributed by atoms with E-state index < -0.39 is 6.10 Å². The van der Waals surface area contributed by atoms with Crippen LogP contribution in [0.1, 0.15) is 399 Å². The molecule has 0 amide bonds. The molecule has 0 aromatic heterocycles. The highest BCUT2D eigenvalue weighted by Gasteiger charge is 2.16. The molecule has 0 radical (unpaired) electrons. The van der Waals surface area contributed by atoms with Crippen LogP contribution in [0.25, 0.3) is 0 Å². The zero-order chi connectivity index (χ0) is 66.1. The van der Waals surface area contributed by atoms with E-state index in [1.807, 2.05) is 0 Å². The lowest BCUT2D eigenvalue weighted by Gasteiger charge is -2.15. The summed E-state index contributed by atoms with van der Waals surface area (Å²) in [6.45, 7) is 3.96. The van der Waals surface area contributed by atoms with Crippen molar-refractivity contribution in [1.29, 1.82) is 0 Å².